The maximum Gasteiger partial charge on any atom is 0.0159 e. The van der Waals surface area contributed by atoms with E-state index in [9.17, 15) is 0 Å². The van der Waals surface area contributed by atoms with E-state index in [2.05, 4.69) is 99.6 Å². The van der Waals surface area contributed by atoms with Gasteiger partial charge in [0.15, 0.2) is 0 Å². The van der Waals surface area contributed by atoms with E-state index in [4.69, 9.17) is 0 Å². The maximum absolute atomic E-state index is 2.40. The number of rotatable bonds is 1. The summed E-state index contributed by atoms with van der Waals surface area (Å²) in [5.41, 5.74) is 9.45. The smallest absolute Gasteiger partial charge is 0.0159 e. The lowest BCUT2D eigenvalue weighted by atomic mass is 9.68. The van der Waals surface area contributed by atoms with Crippen molar-refractivity contribution >= 4 is 10.8 Å². The SMILES string of the molecule is Cc1ccc(-c2ccc3c(c2)C(C)(C)c2cccc4cccc-3c24)cc1. The minimum absolute atomic E-state index is 0.0100. The lowest BCUT2D eigenvalue weighted by Gasteiger charge is -2.35. The molecule has 0 heteroatoms. The summed E-state index contributed by atoms with van der Waals surface area (Å²) in [6.07, 6.45) is 0. The fourth-order valence-electron chi connectivity index (χ4n) is 4.45. The predicted molar refractivity (Wildman–Crippen MR) is 112 cm³/mol. The first-order valence-corrected chi connectivity index (χ1v) is 9.30. The van der Waals surface area contributed by atoms with Crippen molar-refractivity contribution in [2.75, 3.05) is 0 Å². The summed E-state index contributed by atoms with van der Waals surface area (Å²) >= 11 is 0. The van der Waals surface area contributed by atoms with Gasteiger partial charge in [-0.3, -0.25) is 0 Å². The van der Waals surface area contributed by atoms with Crippen LogP contribution in [0.15, 0.2) is 78.9 Å². The highest BCUT2D eigenvalue weighted by atomic mass is 14.4. The van der Waals surface area contributed by atoms with Crippen LogP contribution in [-0.4, -0.2) is 0 Å². The Kier molecular flexibility index (Phi) is 3.15. The van der Waals surface area contributed by atoms with Gasteiger partial charge in [-0.1, -0.05) is 92.2 Å². The number of aryl methyl sites for hydroxylation is 1. The van der Waals surface area contributed by atoms with Crippen molar-refractivity contribution in [1.29, 1.82) is 0 Å². The van der Waals surface area contributed by atoms with Crippen LogP contribution < -0.4 is 0 Å². The Morgan fingerprint density at radius 3 is 2.08 bits per heavy atom. The molecule has 0 nitrogen and oxygen atoms in total. The zero-order valence-corrected chi connectivity index (χ0v) is 15.5. The second kappa shape index (κ2) is 5.32. The number of benzene rings is 4. The molecule has 0 aliphatic heterocycles. The fourth-order valence-corrected chi connectivity index (χ4v) is 4.45. The molecule has 1 aliphatic carbocycles. The molecule has 0 atom stereocenters. The molecular weight excluding hydrogens is 312 g/mol. The second-order valence-electron chi connectivity index (χ2n) is 7.96. The number of hydrogen-bond donors (Lipinski definition) is 0. The highest BCUT2D eigenvalue weighted by Gasteiger charge is 2.33. The van der Waals surface area contributed by atoms with Gasteiger partial charge in [-0.25, -0.2) is 0 Å². The Morgan fingerprint density at radius 1 is 0.615 bits per heavy atom. The van der Waals surface area contributed by atoms with E-state index in [1.165, 1.54) is 49.7 Å². The predicted octanol–water partition coefficient (Wildman–Crippen LogP) is 7.12. The molecule has 0 fully saturated rings. The van der Waals surface area contributed by atoms with Gasteiger partial charge in [0.25, 0.3) is 0 Å². The number of hydrogen-bond acceptors (Lipinski definition) is 0. The van der Waals surface area contributed by atoms with Gasteiger partial charge in [0, 0.05) is 5.41 Å². The largest absolute Gasteiger partial charge is 0.0613 e. The van der Waals surface area contributed by atoms with Gasteiger partial charge in [0.2, 0.25) is 0 Å². The maximum atomic E-state index is 2.40. The van der Waals surface area contributed by atoms with Crippen LogP contribution in [0.2, 0.25) is 0 Å². The molecule has 0 heterocycles. The van der Waals surface area contributed by atoms with Crippen LogP contribution in [0.25, 0.3) is 33.0 Å². The Bertz CT molecular complexity index is 1140. The average Bonchev–Trinajstić information content (AvgIpc) is 2.66. The molecule has 0 spiro atoms. The van der Waals surface area contributed by atoms with Crippen LogP contribution in [-0.2, 0) is 5.41 Å². The van der Waals surface area contributed by atoms with E-state index in [0.717, 1.165) is 0 Å². The molecule has 5 rings (SSSR count). The molecule has 0 aromatic heterocycles. The lowest BCUT2D eigenvalue weighted by molar-refractivity contribution is 0.645. The quantitative estimate of drug-likeness (QED) is 0.347. The van der Waals surface area contributed by atoms with Crippen LogP contribution in [0.5, 0.6) is 0 Å². The topological polar surface area (TPSA) is 0 Å². The van der Waals surface area contributed by atoms with Crippen molar-refractivity contribution in [3.63, 3.8) is 0 Å². The van der Waals surface area contributed by atoms with Crippen molar-refractivity contribution < 1.29 is 0 Å². The lowest BCUT2D eigenvalue weighted by Crippen LogP contribution is -2.23. The molecule has 26 heavy (non-hydrogen) atoms. The van der Waals surface area contributed by atoms with Crippen molar-refractivity contribution in [2.24, 2.45) is 0 Å². The summed E-state index contributed by atoms with van der Waals surface area (Å²) < 4.78 is 0. The summed E-state index contributed by atoms with van der Waals surface area (Å²) in [5, 5.41) is 2.75. The normalized spacial score (nSPS) is 14.3. The third-order valence-electron chi connectivity index (χ3n) is 5.95. The Labute approximate surface area is 155 Å². The zero-order valence-electron chi connectivity index (χ0n) is 15.5. The van der Waals surface area contributed by atoms with E-state index in [1.54, 1.807) is 0 Å². The molecule has 0 unspecified atom stereocenters. The van der Waals surface area contributed by atoms with Crippen LogP contribution in [0.4, 0.5) is 0 Å². The summed E-state index contributed by atoms with van der Waals surface area (Å²) in [6, 6.07) is 29.2. The van der Waals surface area contributed by atoms with E-state index in [0.29, 0.717) is 0 Å². The first kappa shape index (κ1) is 15.4. The molecule has 0 radical (unpaired) electrons. The van der Waals surface area contributed by atoms with Crippen molar-refractivity contribution in [1.82, 2.24) is 0 Å². The zero-order chi connectivity index (χ0) is 17.9. The van der Waals surface area contributed by atoms with Crippen molar-refractivity contribution in [2.45, 2.75) is 26.2 Å². The van der Waals surface area contributed by atoms with Crippen LogP contribution in [0, 0.1) is 6.92 Å². The third-order valence-corrected chi connectivity index (χ3v) is 5.95. The molecule has 4 aromatic rings. The summed E-state index contributed by atoms with van der Waals surface area (Å²) in [5.74, 6) is 0. The van der Waals surface area contributed by atoms with E-state index in [-0.39, 0.29) is 5.41 Å². The van der Waals surface area contributed by atoms with E-state index >= 15 is 0 Å². The van der Waals surface area contributed by atoms with Gasteiger partial charge in [0.1, 0.15) is 0 Å². The van der Waals surface area contributed by atoms with Crippen LogP contribution >= 0.6 is 0 Å². The van der Waals surface area contributed by atoms with Gasteiger partial charge in [0.05, 0.1) is 0 Å². The van der Waals surface area contributed by atoms with Gasteiger partial charge in [-0.05, 0) is 57.1 Å². The Morgan fingerprint density at radius 2 is 1.31 bits per heavy atom. The molecule has 0 saturated heterocycles. The first-order chi connectivity index (χ1) is 12.6. The van der Waals surface area contributed by atoms with Gasteiger partial charge >= 0.3 is 0 Å². The minimum atomic E-state index is -0.0100. The molecule has 0 saturated carbocycles. The fraction of sp³-hybridized carbons (Fsp3) is 0.154. The van der Waals surface area contributed by atoms with Gasteiger partial charge < -0.3 is 0 Å². The Balaban J connectivity index is 1.81. The highest BCUT2D eigenvalue weighted by molar-refractivity contribution is 6.03. The third kappa shape index (κ3) is 2.08. The average molecular weight is 334 g/mol. The molecule has 4 aromatic carbocycles. The van der Waals surface area contributed by atoms with Crippen molar-refractivity contribution in [3.05, 3.63) is 95.6 Å². The van der Waals surface area contributed by atoms with E-state index in [1.807, 2.05) is 0 Å². The van der Waals surface area contributed by atoms with Gasteiger partial charge in [-0.2, -0.15) is 0 Å². The summed E-state index contributed by atoms with van der Waals surface area (Å²) in [6.45, 7) is 6.85. The second-order valence-corrected chi connectivity index (χ2v) is 7.96. The van der Waals surface area contributed by atoms with Gasteiger partial charge in [-0.15, -0.1) is 0 Å². The minimum Gasteiger partial charge on any atom is -0.0613 e. The summed E-state index contributed by atoms with van der Waals surface area (Å²) in [4.78, 5) is 0. The van der Waals surface area contributed by atoms with Crippen molar-refractivity contribution in [3.8, 4) is 22.3 Å². The monoisotopic (exact) mass is 334 g/mol. The standard InChI is InChI=1S/C26H22/c1-17-10-12-18(13-11-17)20-14-15-21-22-8-4-6-19-7-5-9-23(25(19)22)26(2,3)24(21)16-20/h4-16H,1-3H3. The Hall–Kier alpha value is -2.86. The van der Waals surface area contributed by atoms with Crippen LogP contribution in [0.1, 0.15) is 30.5 Å². The molecule has 0 N–H and O–H groups in total. The summed E-state index contributed by atoms with van der Waals surface area (Å²) in [7, 11) is 0. The van der Waals surface area contributed by atoms with E-state index < -0.39 is 0 Å². The molecule has 0 amide bonds. The molecule has 1 aliphatic rings. The first-order valence-electron chi connectivity index (χ1n) is 9.30. The number of fused-ring (bicyclic) bond motifs is 2. The molecular formula is C26H22. The molecule has 0 bridgehead atoms. The molecule has 126 valence electrons. The highest BCUT2D eigenvalue weighted by Crippen LogP contribution is 2.49. The van der Waals surface area contributed by atoms with Crippen LogP contribution in [0.3, 0.4) is 0 Å².